The van der Waals surface area contributed by atoms with Gasteiger partial charge in [-0.2, -0.15) is 0 Å². The predicted octanol–water partition coefficient (Wildman–Crippen LogP) is 1.61. The van der Waals surface area contributed by atoms with E-state index in [1.807, 2.05) is 0 Å². The predicted molar refractivity (Wildman–Crippen MR) is 44.5 cm³/mol. The van der Waals surface area contributed by atoms with Gasteiger partial charge in [0.25, 0.3) is 0 Å². The van der Waals surface area contributed by atoms with Crippen molar-refractivity contribution in [3.05, 3.63) is 33.8 Å². The van der Waals surface area contributed by atoms with Gasteiger partial charge in [-0.15, -0.1) is 0 Å². The molecule has 1 aromatic carbocycles. The Hall–Kier alpha value is -0.870. The lowest BCUT2D eigenvalue weighted by molar-refractivity contribution is -0.0551. The molecule has 0 amide bonds. The maximum Gasteiger partial charge on any atom is 0.341 e. The molecule has 1 aliphatic heterocycles. The number of hydrogen-bond acceptors (Lipinski definition) is 3. The van der Waals surface area contributed by atoms with Crippen LogP contribution in [0.5, 0.6) is 0 Å². The van der Waals surface area contributed by atoms with Gasteiger partial charge in [-0.3, -0.25) is 0 Å². The normalized spacial score (nSPS) is 20.5. The van der Waals surface area contributed by atoms with Crippen LogP contribution in [0.4, 0.5) is 0 Å². The molecule has 3 nitrogen and oxygen atoms in total. The lowest BCUT2D eigenvalue weighted by Crippen LogP contribution is -1.96. The van der Waals surface area contributed by atoms with Crippen molar-refractivity contribution in [1.82, 2.24) is 0 Å². The van der Waals surface area contributed by atoms with Gasteiger partial charge in [0.15, 0.2) is 0 Å². The van der Waals surface area contributed by atoms with E-state index in [-0.39, 0.29) is 0 Å². The molecule has 0 bridgehead atoms. The number of aliphatic hydroxyl groups excluding tert-OH is 1. The fourth-order valence-corrected chi connectivity index (χ4v) is 1.75. The van der Waals surface area contributed by atoms with Crippen molar-refractivity contribution in [2.75, 3.05) is 0 Å². The van der Waals surface area contributed by atoms with Crippen molar-refractivity contribution in [1.29, 1.82) is 0 Å². The number of carbonyl (C=O) groups excluding carboxylic acids is 1. The maximum atomic E-state index is 11.0. The number of ether oxygens (including phenoxy) is 1. The fraction of sp³-hybridized carbons (Fsp3) is 0.125. The molecule has 0 saturated carbocycles. The first kappa shape index (κ1) is 7.76. The summed E-state index contributed by atoms with van der Waals surface area (Å²) in [5, 5.41) is 9.26. The molecule has 1 aliphatic rings. The third kappa shape index (κ3) is 0.956. The van der Waals surface area contributed by atoms with Crippen LogP contribution in [0.1, 0.15) is 22.2 Å². The number of carbonyl (C=O) groups is 1. The summed E-state index contributed by atoms with van der Waals surface area (Å²) in [5.74, 6) is -0.473. The molecule has 2 rings (SSSR count). The smallest absolute Gasteiger partial charge is 0.341 e. The number of aliphatic hydroxyl groups is 1. The molecule has 0 radical (unpaired) electrons. The zero-order valence-corrected chi connectivity index (χ0v) is 7.54. The Balaban J connectivity index is 2.67. The van der Waals surface area contributed by atoms with Crippen molar-refractivity contribution in [3.8, 4) is 0 Å². The molecule has 1 heterocycles. The maximum absolute atomic E-state index is 11.0. The van der Waals surface area contributed by atoms with E-state index >= 15 is 0 Å². The minimum atomic E-state index is -1.12. The third-order valence-electron chi connectivity index (χ3n) is 1.74. The molecule has 12 heavy (non-hydrogen) atoms. The lowest BCUT2D eigenvalue weighted by Gasteiger charge is -2.02. The Morgan fingerprint density at radius 1 is 1.50 bits per heavy atom. The van der Waals surface area contributed by atoms with Crippen LogP contribution < -0.4 is 0 Å². The second kappa shape index (κ2) is 2.57. The summed E-state index contributed by atoms with van der Waals surface area (Å²) in [6.07, 6.45) is -1.12. The highest BCUT2D eigenvalue weighted by Gasteiger charge is 2.30. The van der Waals surface area contributed by atoms with Gasteiger partial charge in [0.1, 0.15) is 0 Å². The first-order chi connectivity index (χ1) is 5.70. The Kier molecular flexibility index (Phi) is 1.66. The Morgan fingerprint density at radius 2 is 2.25 bits per heavy atom. The SMILES string of the molecule is O=C1OC(O)c2c(Br)cccc21. The van der Waals surface area contributed by atoms with Crippen LogP contribution >= 0.6 is 15.9 Å². The summed E-state index contributed by atoms with van der Waals surface area (Å²) in [6, 6.07) is 5.10. The van der Waals surface area contributed by atoms with Gasteiger partial charge in [0, 0.05) is 10.0 Å². The molecule has 1 atom stereocenters. The molecular formula is C8H5BrO3. The van der Waals surface area contributed by atoms with Crippen molar-refractivity contribution in [2.24, 2.45) is 0 Å². The van der Waals surface area contributed by atoms with Gasteiger partial charge in [-0.05, 0) is 12.1 Å². The highest BCUT2D eigenvalue weighted by atomic mass is 79.9. The van der Waals surface area contributed by atoms with E-state index in [4.69, 9.17) is 0 Å². The van der Waals surface area contributed by atoms with E-state index in [1.54, 1.807) is 18.2 Å². The summed E-state index contributed by atoms with van der Waals surface area (Å²) >= 11 is 3.22. The van der Waals surface area contributed by atoms with E-state index < -0.39 is 12.3 Å². The lowest BCUT2D eigenvalue weighted by atomic mass is 10.1. The van der Waals surface area contributed by atoms with Crippen molar-refractivity contribution in [3.63, 3.8) is 0 Å². The Bertz CT molecular complexity index is 348. The second-order valence-electron chi connectivity index (χ2n) is 2.46. The van der Waals surface area contributed by atoms with E-state index in [0.29, 0.717) is 15.6 Å². The van der Waals surface area contributed by atoms with Crippen LogP contribution in [0, 0.1) is 0 Å². The first-order valence-electron chi connectivity index (χ1n) is 3.37. The minimum absolute atomic E-state index is 0.428. The highest BCUT2D eigenvalue weighted by molar-refractivity contribution is 9.10. The number of rotatable bonds is 0. The van der Waals surface area contributed by atoms with E-state index in [0.717, 1.165) is 0 Å². The standard InChI is InChI=1S/C8H5BrO3/c9-5-3-1-2-4-6(5)8(11)12-7(4)10/h1-3,8,11H. The molecule has 0 spiro atoms. The van der Waals surface area contributed by atoms with Crippen LogP contribution in [-0.4, -0.2) is 11.1 Å². The number of fused-ring (bicyclic) bond motifs is 1. The molecule has 0 saturated heterocycles. The number of cyclic esters (lactones) is 1. The number of hydrogen-bond donors (Lipinski definition) is 1. The summed E-state index contributed by atoms with van der Waals surface area (Å²) < 4.78 is 5.29. The molecule has 1 unspecified atom stereocenters. The molecule has 0 aliphatic carbocycles. The van der Waals surface area contributed by atoms with Crippen LogP contribution in [-0.2, 0) is 4.74 Å². The van der Waals surface area contributed by atoms with Crippen LogP contribution in [0.2, 0.25) is 0 Å². The van der Waals surface area contributed by atoms with Crippen LogP contribution in [0.15, 0.2) is 22.7 Å². The largest absolute Gasteiger partial charge is 0.428 e. The average Bonchev–Trinajstić information content (AvgIpc) is 2.29. The Labute approximate surface area is 77.1 Å². The summed E-state index contributed by atoms with van der Waals surface area (Å²) in [5.41, 5.74) is 0.944. The van der Waals surface area contributed by atoms with Crippen molar-refractivity contribution >= 4 is 21.9 Å². The van der Waals surface area contributed by atoms with Gasteiger partial charge in [-0.25, -0.2) is 4.79 Å². The molecule has 0 aromatic heterocycles. The molecule has 0 fully saturated rings. The monoisotopic (exact) mass is 228 g/mol. The molecule has 1 aromatic rings. The molecule has 62 valence electrons. The van der Waals surface area contributed by atoms with E-state index in [9.17, 15) is 9.90 Å². The van der Waals surface area contributed by atoms with E-state index in [1.165, 1.54) is 0 Å². The minimum Gasteiger partial charge on any atom is -0.428 e. The van der Waals surface area contributed by atoms with Gasteiger partial charge in [0.2, 0.25) is 6.29 Å². The number of benzene rings is 1. The molecular weight excluding hydrogens is 224 g/mol. The first-order valence-corrected chi connectivity index (χ1v) is 4.17. The molecule has 4 heteroatoms. The number of halogens is 1. The highest BCUT2D eigenvalue weighted by Crippen LogP contribution is 2.33. The second-order valence-corrected chi connectivity index (χ2v) is 3.31. The number of esters is 1. The van der Waals surface area contributed by atoms with Gasteiger partial charge >= 0.3 is 5.97 Å². The summed E-state index contributed by atoms with van der Waals surface area (Å²) in [6.45, 7) is 0. The van der Waals surface area contributed by atoms with Crippen LogP contribution in [0.25, 0.3) is 0 Å². The van der Waals surface area contributed by atoms with Crippen molar-refractivity contribution in [2.45, 2.75) is 6.29 Å². The quantitative estimate of drug-likeness (QED) is 0.687. The van der Waals surface area contributed by atoms with Gasteiger partial charge < -0.3 is 9.84 Å². The fourth-order valence-electron chi connectivity index (χ4n) is 1.19. The van der Waals surface area contributed by atoms with Gasteiger partial charge in [-0.1, -0.05) is 22.0 Å². The van der Waals surface area contributed by atoms with Crippen LogP contribution in [0.3, 0.4) is 0 Å². The third-order valence-corrected chi connectivity index (χ3v) is 2.43. The summed E-state index contributed by atoms with van der Waals surface area (Å²) in [4.78, 5) is 11.0. The van der Waals surface area contributed by atoms with E-state index in [2.05, 4.69) is 20.7 Å². The average molecular weight is 229 g/mol. The molecule has 1 N–H and O–H groups in total. The zero-order valence-electron chi connectivity index (χ0n) is 5.95. The topological polar surface area (TPSA) is 46.5 Å². The Morgan fingerprint density at radius 3 is 2.92 bits per heavy atom. The zero-order chi connectivity index (χ0) is 8.72. The van der Waals surface area contributed by atoms with Crippen molar-refractivity contribution < 1.29 is 14.6 Å². The van der Waals surface area contributed by atoms with Gasteiger partial charge in [0.05, 0.1) is 5.56 Å². The summed E-state index contributed by atoms with van der Waals surface area (Å²) in [7, 11) is 0.